The number of aryl methyl sites for hydroxylation is 1. The Balaban J connectivity index is 1.71. The fraction of sp³-hybridized carbons (Fsp3) is 0.611. The van der Waals surface area contributed by atoms with Crippen molar-refractivity contribution in [2.24, 2.45) is 23.2 Å². The summed E-state index contributed by atoms with van der Waals surface area (Å²) in [6.45, 7) is 1.95. The van der Waals surface area contributed by atoms with Crippen LogP contribution >= 0.6 is 0 Å². The zero-order valence-corrected chi connectivity index (χ0v) is 12.1. The van der Waals surface area contributed by atoms with Gasteiger partial charge in [0.15, 0.2) is 0 Å². The number of nitrogens with zero attached hydrogens (tertiary/aromatic N) is 1. The van der Waals surface area contributed by atoms with E-state index in [0.717, 1.165) is 34.8 Å². The van der Waals surface area contributed by atoms with Crippen LogP contribution in [0, 0.1) is 41.4 Å². The topological polar surface area (TPSA) is 36.9 Å². The number of nitriles is 1. The van der Waals surface area contributed by atoms with Crippen molar-refractivity contribution in [3.8, 4) is 6.07 Å². The lowest BCUT2D eigenvalue weighted by atomic mass is 9.48. The smallest absolute Gasteiger partial charge is 0.128 e. The van der Waals surface area contributed by atoms with Gasteiger partial charge in [-0.25, -0.2) is 0 Å². The van der Waals surface area contributed by atoms with Gasteiger partial charge in [-0.1, -0.05) is 0 Å². The van der Waals surface area contributed by atoms with Gasteiger partial charge >= 0.3 is 0 Å². The van der Waals surface area contributed by atoms with Gasteiger partial charge in [0.05, 0.1) is 6.07 Å². The first kappa shape index (κ1) is 12.3. The molecule has 0 radical (unpaired) electrons. The van der Waals surface area contributed by atoms with Crippen LogP contribution in [0.4, 0.5) is 0 Å². The molecule has 0 N–H and O–H groups in total. The van der Waals surface area contributed by atoms with E-state index in [1.165, 1.54) is 38.5 Å². The van der Waals surface area contributed by atoms with Crippen LogP contribution in [0.15, 0.2) is 22.1 Å². The predicted octanol–water partition coefficient (Wildman–Crippen LogP) is 4.71. The van der Waals surface area contributed by atoms with Crippen molar-refractivity contribution in [2.75, 3.05) is 0 Å². The van der Waals surface area contributed by atoms with Gasteiger partial charge in [-0.2, -0.15) is 5.26 Å². The maximum atomic E-state index is 9.69. The van der Waals surface area contributed by atoms with Crippen molar-refractivity contribution in [2.45, 2.75) is 45.4 Å². The number of hydrogen-bond acceptors (Lipinski definition) is 2. The Morgan fingerprint density at radius 1 is 1.20 bits per heavy atom. The van der Waals surface area contributed by atoms with Crippen LogP contribution in [0.3, 0.4) is 0 Å². The molecule has 2 nitrogen and oxygen atoms in total. The lowest BCUT2D eigenvalue weighted by Crippen LogP contribution is -2.46. The molecule has 20 heavy (non-hydrogen) atoms. The third kappa shape index (κ3) is 1.84. The van der Waals surface area contributed by atoms with Crippen molar-refractivity contribution in [1.29, 1.82) is 5.26 Å². The van der Waals surface area contributed by atoms with Gasteiger partial charge in [0.2, 0.25) is 0 Å². The normalized spacial score (nSPS) is 39.0. The molecule has 4 saturated carbocycles. The van der Waals surface area contributed by atoms with E-state index in [0.29, 0.717) is 0 Å². The highest BCUT2D eigenvalue weighted by Gasteiger charge is 2.52. The lowest BCUT2D eigenvalue weighted by Gasteiger charge is -2.56. The van der Waals surface area contributed by atoms with E-state index in [9.17, 15) is 5.26 Å². The van der Waals surface area contributed by atoms with Crippen molar-refractivity contribution in [3.63, 3.8) is 0 Å². The van der Waals surface area contributed by atoms with E-state index in [4.69, 9.17) is 4.42 Å². The predicted molar refractivity (Wildman–Crippen MR) is 77.6 cm³/mol. The minimum atomic E-state index is 0.171. The number of furan rings is 1. The van der Waals surface area contributed by atoms with E-state index in [1.807, 2.05) is 25.1 Å². The minimum absolute atomic E-state index is 0.171. The minimum Gasteiger partial charge on any atom is -0.462 e. The van der Waals surface area contributed by atoms with Crippen LogP contribution in [0.1, 0.15) is 50.0 Å². The largest absolute Gasteiger partial charge is 0.462 e. The number of rotatable bonds is 2. The van der Waals surface area contributed by atoms with Gasteiger partial charge in [0, 0.05) is 11.0 Å². The third-order valence-corrected chi connectivity index (χ3v) is 5.78. The van der Waals surface area contributed by atoms with Crippen LogP contribution in [0.25, 0.3) is 6.08 Å². The molecule has 4 bridgehead atoms. The van der Waals surface area contributed by atoms with Crippen LogP contribution < -0.4 is 0 Å². The standard InChI is InChI=1S/C18H21NO/c1-12-2-3-17(20-12)7-16(11-19)18-8-13-4-14(9-18)6-15(5-13)10-18/h2-3,7,13-15H,4-6,8-10H2,1H3/b16-7+. The molecule has 5 rings (SSSR count). The molecule has 104 valence electrons. The Morgan fingerprint density at radius 3 is 2.25 bits per heavy atom. The Morgan fingerprint density at radius 2 is 1.80 bits per heavy atom. The van der Waals surface area contributed by atoms with Gasteiger partial charge in [-0.15, -0.1) is 0 Å². The molecule has 4 fully saturated rings. The summed E-state index contributed by atoms with van der Waals surface area (Å²) >= 11 is 0. The second-order valence-electron chi connectivity index (χ2n) is 7.32. The lowest BCUT2D eigenvalue weighted by molar-refractivity contribution is -0.0275. The fourth-order valence-electron chi connectivity index (χ4n) is 5.42. The van der Waals surface area contributed by atoms with Gasteiger partial charge < -0.3 is 4.42 Å². The van der Waals surface area contributed by atoms with Crippen molar-refractivity contribution >= 4 is 6.08 Å². The summed E-state index contributed by atoms with van der Waals surface area (Å²) < 4.78 is 5.65. The van der Waals surface area contributed by atoms with Crippen molar-refractivity contribution in [1.82, 2.24) is 0 Å². The molecule has 0 atom stereocenters. The van der Waals surface area contributed by atoms with E-state index < -0.39 is 0 Å². The maximum Gasteiger partial charge on any atom is 0.128 e. The molecule has 0 saturated heterocycles. The number of allylic oxidation sites excluding steroid dienone is 1. The number of hydrogen-bond donors (Lipinski definition) is 0. The molecule has 1 heterocycles. The van der Waals surface area contributed by atoms with Crippen molar-refractivity contribution < 1.29 is 4.42 Å². The monoisotopic (exact) mass is 267 g/mol. The second kappa shape index (κ2) is 4.25. The third-order valence-electron chi connectivity index (χ3n) is 5.78. The Hall–Kier alpha value is -1.49. The van der Waals surface area contributed by atoms with E-state index >= 15 is 0 Å². The molecule has 4 aliphatic rings. The van der Waals surface area contributed by atoms with Crippen LogP contribution in [-0.4, -0.2) is 0 Å². The molecule has 0 spiro atoms. The van der Waals surface area contributed by atoms with Gasteiger partial charge in [-0.3, -0.25) is 0 Å². The summed E-state index contributed by atoms with van der Waals surface area (Å²) in [4.78, 5) is 0. The summed E-state index contributed by atoms with van der Waals surface area (Å²) in [6.07, 6.45) is 9.96. The zero-order valence-electron chi connectivity index (χ0n) is 12.1. The summed E-state index contributed by atoms with van der Waals surface area (Å²) in [5.41, 5.74) is 1.15. The summed E-state index contributed by atoms with van der Waals surface area (Å²) in [5.74, 6) is 4.37. The molecule has 0 aromatic carbocycles. The molecule has 2 heteroatoms. The highest BCUT2D eigenvalue weighted by molar-refractivity contribution is 5.56. The maximum absolute atomic E-state index is 9.69. The van der Waals surface area contributed by atoms with E-state index in [2.05, 4.69) is 6.07 Å². The zero-order chi connectivity index (χ0) is 13.7. The highest BCUT2D eigenvalue weighted by Crippen LogP contribution is 2.62. The SMILES string of the molecule is Cc1ccc(/C=C(\C#N)C23CC4CC(CC(C4)C2)C3)o1. The summed E-state index contributed by atoms with van der Waals surface area (Å²) in [6, 6.07) is 6.47. The average molecular weight is 267 g/mol. The molecule has 1 aromatic heterocycles. The van der Waals surface area contributed by atoms with E-state index in [-0.39, 0.29) is 5.41 Å². The first-order valence-corrected chi connectivity index (χ1v) is 7.85. The molecule has 0 aliphatic heterocycles. The first-order valence-electron chi connectivity index (χ1n) is 7.85. The highest BCUT2D eigenvalue weighted by atomic mass is 16.3. The quantitative estimate of drug-likeness (QED) is 0.727. The molecule has 0 unspecified atom stereocenters. The fourth-order valence-corrected chi connectivity index (χ4v) is 5.42. The summed E-state index contributed by atoms with van der Waals surface area (Å²) in [7, 11) is 0. The first-order chi connectivity index (χ1) is 9.67. The molecular formula is C18H21NO. The van der Waals surface area contributed by atoms with Crippen LogP contribution in [-0.2, 0) is 0 Å². The average Bonchev–Trinajstić information content (AvgIpc) is 2.80. The molecule has 1 aromatic rings. The summed E-state index contributed by atoms with van der Waals surface area (Å²) in [5, 5.41) is 9.69. The molecule has 4 aliphatic carbocycles. The van der Waals surface area contributed by atoms with Gasteiger partial charge in [0.1, 0.15) is 11.5 Å². The van der Waals surface area contributed by atoms with E-state index in [1.54, 1.807) is 0 Å². The van der Waals surface area contributed by atoms with Crippen LogP contribution in [0.2, 0.25) is 0 Å². The Kier molecular flexibility index (Phi) is 2.61. The Labute approximate surface area is 120 Å². The second-order valence-corrected chi connectivity index (χ2v) is 7.32. The molecular weight excluding hydrogens is 246 g/mol. The molecule has 0 amide bonds. The van der Waals surface area contributed by atoms with Gasteiger partial charge in [-0.05, 0) is 81.4 Å². The Bertz CT molecular complexity index is 566. The van der Waals surface area contributed by atoms with Gasteiger partial charge in [0.25, 0.3) is 0 Å². The van der Waals surface area contributed by atoms with Crippen LogP contribution in [0.5, 0.6) is 0 Å². The van der Waals surface area contributed by atoms with Crippen molar-refractivity contribution in [3.05, 3.63) is 29.2 Å².